The van der Waals surface area contributed by atoms with Crippen molar-refractivity contribution in [2.75, 3.05) is 10.6 Å². The van der Waals surface area contributed by atoms with Gasteiger partial charge in [-0.3, -0.25) is 5.32 Å². The van der Waals surface area contributed by atoms with Crippen molar-refractivity contribution in [2.45, 2.75) is 0 Å². The molecule has 0 unspecified atom stereocenters. The molecule has 0 atom stereocenters. The molecule has 0 fully saturated rings. The normalized spacial score (nSPS) is 10.1. The minimum absolute atomic E-state index is 0.368. The molecule has 2 N–H and O–H groups in total. The summed E-state index contributed by atoms with van der Waals surface area (Å²) >= 11 is 6.32. The number of pyridine rings is 1. The lowest BCUT2D eigenvalue weighted by molar-refractivity contribution is 0.262. The summed E-state index contributed by atoms with van der Waals surface area (Å²) in [5, 5.41) is 5.96. The molecule has 114 valence electrons. The maximum absolute atomic E-state index is 11.9. The van der Waals surface area contributed by atoms with Crippen LogP contribution in [0.5, 0.6) is 0 Å². The summed E-state index contributed by atoms with van der Waals surface area (Å²) in [5.74, 6) is 0.483. The highest BCUT2D eigenvalue weighted by Gasteiger charge is 2.07. The van der Waals surface area contributed by atoms with Gasteiger partial charge in [0.15, 0.2) is 0 Å². The zero-order chi connectivity index (χ0) is 16.1. The van der Waals surface area contributed by atoms with Crippen molar-refractivity contribution < 1.29 is 4.79 Å². The van der Waals surface area contributed by atoms with E-state index in [1.165, 1.54) is 0 Å². The number of nitrogens with one attached hydrogen (secondary N) is 2. The van der Waals surface area contributed by atoms with Crippen LogP contribution < -0.4 is 10.6 Å². The SMILES string of the molecule is O=C(Nc1ccc(-c2ccccc2)c(Cl)c1)Nc1ccccn1. The quantitative estimate of drug-likeness (QED) is 0.709. The van der Waals surface area contributed by atoms with Crippen LogP contribution in [-0.2, 0) is 0 Å². The number of hydrogen-bond acceptors (Lipinski definition) is 2. The topological polar surface area (TPSA) is 54.0 Å². The van der Waals surface area contributed by atoms with Gasteiger partial charge in [-0.2, -0.15) is 0 Å². The molecule has 0 aliphatic heterocycles. The Hall–Kier alpha value is -2.85. The van der Waals surface area contributed by atoms with E-state index in [-0.39, 0.29) is 6.03 Å². The van der Waals surface area contributed by atoms with Crippen molar-refractivity contribution in [1.82, 2.24) is 4.98 Å². The molecule has 1 heterocycles. The van der Waals surface area contributed by atoms with E-state index in [0.29, 0.717) is 16.5 Å². The molecule has 0 aliphatic carbocycles. The Kier molecular flexibility index (Phi) is 4.54. The average molecular weight is 324 g/mol. The van der Waals surface area contributed by atoms with Crippen LogP contribution in [0.3, 0.4) is 0 Å². The van der Waals surface area contributed by atoms with Crippen LogP contribution in [0, 0.1) is 0 Å². The van der Waals surface area contributed by atoms with Crippen molar-refractivity contribution in [3.8, 4) is 11.1 Å². The maximum Gasteiger partial charge on any atom is 0.324 e. The first kappa shape index (κ1) is 15.1. The number of aromatic nitrogens is 1. The third kappa shape index (κ3) is 3.87. The Balaban J connectivity index is 1.72. The number of urea groups is 1. The zero-order valence-electron chi connectivity index (χ0n) is 12.2. The number of carbonyl (C=O) groups excluding carboxylic acids is 1. The van der Waals surface area contributed by atoms with E-state index >= 15 is 0 Å². The highest BCUT2D eigenvalue weighted by Crippen LogP contribution is 2.30. The van der Waals surface area contributed by atoms with Gasteiger partial charge in [-0.15, -0.1) is 0 Å². The predicted octanol–water partition coefficient (Wildman–Crippen LogP) is 5.05. The van der Waals surface area contributed by atoms with Crippen LogP contribution in [-0.4, -0.2) is 11.0 Å². The van der Waals surface area contributed by atoms with Gasteiger partial charge in [-0.1, -0.05) is 54.1 Å². The predicted molar refractivity (Wildman–Crippen MR) is 93.8 cm³/mol. The molecule has 2 aromatic carbocycles. The van der Waals surface area contributed by atoms with Crippen LogP contribution in [0.1, 0.15) is 0 Å². The van der Waals surface area contributed by atoms with E-state index in [1.807, 2.05) is 42.5 Å². The summed E-state index contributed by atoms with van der Waals surface area (Å²) in [6.45, 7) is 0. The molecule has 0 spiro atoms. The van der Waals surface area contributed by atoms with Crippen molar-refractivity contribution in [2.24, 2.45) is 0 Å². The van der Waals surface area contributed by atoms with Gasteiger partial charge in [0.1, 0.15) is 5.82 Å². The molecule has 0 saturated heterocycles. The number of anilines is 2. The summed E-state index contributed by atoms with van der Waals surface area (Å²) in [5.41, 5.74) is 2.56. The lowest BCUT2D eigenvalue weighted by Crippen LogP contribution is -2.19. The summed E-state index contributed by atoms with van der Waals surface area (Å²) in [6.07, 6.45) is 1.61. The fraction of sp³-hybridized carbons (Fsp3) is 0. The number of amides is 2. The van der Waals surface area contributed by atoms with E-state index in [0.717, 1.165) is 11.1 Å². The van der Waals surface area contributed by atoms with Crippen LogP contribution >= 0.6 is 11.6 Å². The second-order valence-corrected chi connectivity index (χ2v) is 5.26. The van der Waals surface area contributed by atoms with Crippen LogP contribution in [0.25, 0.3) is 11.1 Å². The summed E-state index contributed by atoms with van der Waals surface area (Å²) < 4.78 is 0. The fourth-order valence-electron chi connectivity index (χ4n) is 2.16. The number of nitrogens with zero attached hydrogens (tertiary/aromatic N) is 1. The lowest BCUT2D eigenvalue weighted by Gasteiger charge is -2.10. The van der Waals surface area contributed by atoms with Gasteiger partial charge in [0.2, 0.25) is 0 Å². The molecule has 0 bridgehead atoms. The molecule has 0 radical (unpaired) electrons. The van der Waals surface area contributed by atoms with E-state index in [1.54, 1.807) is 30.5 Å². The van der Waals surface area contributed by atoms with Gasteiger partial charge >= 0.3 is 6.03 Å². The largest absolute Gasteiger partial charge is 0.324 e. The highest BCUT2D eigenvalue weighted by atomic mass is 35.5. The number of rotatable bonds is 3. The first-order valence-corrected chi connectivity index (χ1v) is 7.44. The first-order valence-electron chi connectivity index (χ1n) is 7.06. The Labute approximate surface area is 139 Å². The van der Waals surface area contributed by atoms with Gasteiger partial charge in [0.05, 0.1) is 5.02 Å². The van der Waals surface area contributed by atoms with Crippen LogP contribution in [0.4, 0.5) is 16.3 Å². The second-order valence-electron chi connectivity index (χ2n) is 4.85. The molecule has 0 aliphatic rings. The Morgan fingerprint density at radius 3 is 2.39 bits per heavy atom. The van der Waals surface area contributed by atoms with E-state index in [9.17, 15) is 4.79 Å². The zero-order valence-corrected chi connectivity index (χ0v) is 12.9. The Morgan fingerprint density at radius 1 is 0.913 bits per heavy atom. The average Bonchev–Trinajstić information content (AvgIpc) is 2.56. The number of benzene rings is 2. The highest BCUT2D eigenvalue weighted by molar-refractivity contribution is 6.33. The fourth-order valence-corrected chi connectivity index (χ4v) is 2.45. The molecule has 23 heavy (non-hydrogen) atoms. The lowest BCUT2D eigenvalue weighted by atomic mass is 10.1. The van der Waals surface area contributed by atoms with Gasteiger partial charge in [-0.25, -0.2) is 9.78 Å². The smallest absolute Gasteiger partial charge is 0.308 e. The molecule has 0 saturated carbocycles. The molecule has 4 nitrogen and oxygen atoms in total. The van der Waals surface area contributed by atoms with Gasteiger partial charge in [0.25, 0.3) is 0 Å². The molecule has 1 aromatic heterocycles. The first-order chi connectivity index (χ1) is 11.2. The molecular formula is C18H14ClN3O. The van der Waals surface area contributed by atoms with Crippen molar-refractivity contribution in [3.05, 3.63) is 77.9 Å². The summed E-state index contributed by atoms with van der Waals surface area (Å²) in [7, 11) is 0. The van der Waals surface area contributed by atoms with Crippen LogP contribution in [0.2, 0.25) is 5.02 Å². The maximum atomic E-state index is 11.9. The van der Waals surface area contributed by atoms with E-state index in [4.69, 9.17) is 11.6 Å². The van der Waals surface area contributed by atoms with Crippen molar-refractivity contribution >= 4 is 29.1 Å². The number of carbonyl (C=O) groups is 1. The monoisotopic (exact) mass is 323 g/mol. The van der Waals surface area contributed by atoms with E-state index in [2.05, 4.69) is 15.6 Å². The third-order valence-corrected chi connectivity index (χ3v) is 3.53. The van der Waals surface area contributed by atoms with Crippen molar-refractivity contribution in [3.63, 3.8) is 0 Å². The van der Waals surface area contributed by atoms with Gasteiger partial charge in [-0.05, 0) is 29.8 Å². The number of halogens is 1. The summed E-state index contributed by atoms with van der Waals surface area (Å²) in [4.78, 5) is 16.0. The molecule has 3 rings (SSSR count). The standard InChI is InChI=1S/C18H14ClN3O/c19-16-12-14(9-10-15(16)13-6-2-1-3-7-13)21-18(23)22-17-8-4-5-11-20-17/h1-12H,(H2,20,21,22,23). The minimum atomic E-state index is -0.368. The molecule has 2 amide bonds. The Morgan fingerprint density at radius 2 is 1.70 bits per heavy atom. The minimum Gasteiger partial charge on any atom is -0.308 e. The van der Waals surface area contributed by atoms with Gasteiger partial charge < -0.3 is 5.32 Å². The second kappa shape index (κ2) is 6.94. The molecular weight excluding hydrogens is 310 g/mol. The van der Waals surface area contributed by atoms with E-state index < -0.39 is 0 Å². The van der Waals surface area contributed by atoms with Crippen molar-refractivity contribution in [1.29, 1.82) is 0 Å². The number of hydrogen-bond donors (Lipinski definition) is 2. The molecule has 5 heteroatoms. The third-order valence-electron chi connectivity index (χ3n) is 3.22. The van der Waals surface area contributed by atoms with Crippen LogP contribution in [0.15, 0.2) is 72.9 Å². The van der Waals surface area contributed by atoms with Gasteiger partial charge in [0, 0.05) is 17.4 Å². The summed E-state index contributed by atoms with van der Waals surface area (Å²) in [6, 6.07) is 20.2. The Bertz CT molecular complexity index is 807. The molecule has 3 aromatic rings.